The van der Waals surface area contributed by atoms with Gasteiger partial charge in [-0.15, -0.1) is 11.3 Å². The van der Waals surface area contributed by atoms with E-state index in [0.717, 1.165) is 11.3 Å². The Bertz CT molecular complexity index is 393. The molecule has 1 aromatic heterocycles. The third-order valence-corrected chi connectivity index (χ3v) is 3.05. The van der Waals surface area contributed by atoms with E-state index in [2.05, 4.69) is 5.32 Å². The Morgan fingerprint density at radius 3 is 2.62 bits per heavy atom. The van der Waals surface area contributed by atoms with Crippen LogP contribution in [0.4, 0.5) is 0 Å². The molecule has 3 N–H and O–H groups in total. The van der Waals surface area contributed by atoms with E-state index in [1.54, 1.807) is 6.07 Å². The lowest BCUT2D eigenvalue weighted by Gasteiger charge is -2.11. The summed E-state index contributed by atoms with van der Waals surface area (Å²) < 4.78 is 0.458. The van der Waals surface area contributed by atoms with Crippen LogP contribution in [0.3, 0.4) is 0 Å². The van der Waals surface area contributed by atoms with Crippen LogP contribution in [-0.2, 0) is 4.79 Å². The fourth-order valence-electron chi connectivity index (χ4n) is 1.05. The molecule has 5 nitrogen and oxygen atoms in total. The second kappa shape index (κ2) is 5.83. The number of rotatable bonds is 5. The molecule has 0 radical (unpaired) electrons. The zero-order valence-electron chi connectivity index (χ0n) is 8.14. The second-order valence-electron chi connectivity index (χ2n) is 2.98. The number of aliphatic hydroxyl groups excluding tert-OH is 1. The van der Waals surface area contributed by atoms with Gasteiger partial charge in [0, 0.05) is 13.0 Å². The van der Waals surface area contributed by atoms with Gasteiger partial charge in [0.2, 0.25) is 0 Å². The van der Waals surface area contributed by atoms with Gasteiger partial charge in [0.15, 0.2) is 0 Å². The van der Waals surface area contributed by atoms with E-state index in [1.807, 2.05) is 0 Å². The maximum absolute atomic E-state index is 11.5. The molecule has 0 saturated carbocycles. The molecule has 0 aliphatic heterocycles. The fourth-order valence-corrected chi connectivity index (χ4v) is 2.00. The minimum absolute atomic E-state index is 0.0276. The van der Waals surface area contributed by atoms with Crippen LogP contribution in [0, 0.1) is 0 Å². The van der Waals surface area contributed by atoms with Gasteiger partial charge in [-0.1, -0.05) is 11.6 Å². The van der Waals surface area contributed by atoms with Crippen molar-refractivity contribution >= 4 is 34.8 Å². The highest BCUT2D eigenvalue weighted by molar-refractivity contribution is 7.18. The normalized spacial score (nSPS) is 12.1. The quantitative estimate of drug-likeness (QED) is 0.739. The molecule has 1 unspecified atom stereocenters. The molecule has 88 valence electrons. The van der Waals surface area contributed by atoms with Crippen LogP contribution in [0.25, 0.3) is 0 Å². The highest BCUT2D eigenvalue weighted by Gasteiger charge is 2.20. The monoisotopic (exact) mass is 263 g/mol. The number of halogens is 1. The van der Waals surface area contributed by atoms with Gasteiger partial charge < -0.3 is 15.5 Å². The summed E-state index contributed by atoms with van der Waals surface area (Å²) >= 11 is 6.71. The van der Waals surface area contributed by atoms with Crippen molar-refractivity contribution < 1.29 is 19.8 Å². The lowest BCUT2D eigenvalue weighted by molar-refractivity contribution is -0.139. The van der Waals surface area contributed by atoms with E-state index >= 15 is 0 Å². The van der Waals surface area contributed by atoms with Gasteiger partial charge >= 0.3 is 5.97 Å². The molecule has 1 heterocycles. The van der Waals surface area contributed by atoms with Gasteiger partial charge in [-0.3, -0.25) is 4.79 Å². The number of aliphatic carboxylic acids is 1. The first-order valence-electron chi connectivity index (χ1n) is 4.44. The molecular formula is C9H10ClNO4S. The molecule has 0 bridgehead atoms. The number of thiophene rings is 1. The van der Waals surface area contributed by atoms with E-state index < -0.39 is 17.9 Å². The number of nitrogens with one attached hydrogen (secondary N) is 1. The van der Waals surface area contributed by atoms with E-state index in [9.17, 15) is 9.59 Å². The summed E-state index contributed by atoms with van der Waals surface area (Å²) in [5.41, 5.74) is 0. The number of carboxylic acid groups (broad SMARTS) is 1. The Labute approximate surface area is 101 Å². The van der Waals surface area contributed by atoms with Crippen LogP contribution in [0.15, 0.2) is 12.1 Å². The van der Waals surface area contributed by atoms with E-state index in [4.69, 9.17) is 21.8 Å². The lowest BCUT2D eigenvalue weighted by Crippen LogP contribution is -2.41. The van der Waals surface area contributed by atoms with Gasteiger partial charge in [0.05, 0.1) is 9.21 Å². The summed E-state index contributed by atoms with van der Waals surface area (Å²) in [6.07, 6.45) is -0.0276. The smallest absolute Gasteiger partial charge is 0.326 e. The Balaban J connectivity index is 2.65. The molecule has 0 aromatic carbocycles. The summed E-state index contributed by atoms with van der Waals surface area (Å²) in [5.74, 6) is -1.68. The van der Waals surface area contributed by atoms with Gasteiger partial charge in [-0.05, 0) is 12.1 Å². The van der Waals surface area contributed by atoms with E-state index in [0.29, 0.717) is 9.21 Å². The SMILES string of the molecule is O=C(NC(CCO)C(=O)O)c1ccc(Cl)s1. The third-order valence-electron chi connectivity index (χ3n) is 1.82. The van der Waals surface area contributed by atoms with Gasteiger partial charge in [-0.2, -0.15) is 0 Å². The maximum Gasteiger partial charge on any atom is 0.326 e. The van der Waals surface area contributed by atoms with Crippen molar-refractivity contribution in [3.63, 3.8) is 0 Å². The van der Waals surface area contributed by atoms with Gasteiger partial charge in [-0.25, -0.2) is 4.79 Å². The summed E-state index contributed by atoms with van der Waals surface area (Å²) in [5, 5.41) is 19.7. The molecular weight excluding hydrogens is 254 g/mol. The van der Waals surface area contributed by atoms with Crippen LogP contribution in [0.2, 0.25) is 4.34 Å². The number of carbonyl (C=O) groups excluding carboxylic acids is 1. The van der Waals surface area contributed by atoms with Crippen LogP contribution in [-0.4, -0.2) is 34.7 Å². The number of amides is 1. The minimum atomic E-state index is -1.18. The van der Waals surface area contributed by atoms with Crippen molar-refractivity contribution in [1.29, 1.82) is 0 Å². The Kier molecular flexibility index (Phi) is 4.72. The predicted molar refractivity (Wildman–Crippen MR) is 59.9 cm³/mol. The zero-order valence-corrected chi connectivity index (χ0v) is 9.72. The van der Waals surface area contributed by atoms with Crippen molar-refractivity contribution in [3.05, 3.63) is 21.3 Å². The lowest BCUT2D eigenvalue weighted by atomic mass is 10.2. The second-order valence-corrected chi connectivity index (χ2v) is 4.70. The van der Waals surface area contributed by atoms with Gasteiger partial charge in [0.25, 0.3) is 5.91 Å². The first-order chi connectivity index (χ1) is 7.54. The summed E-state index contributed by atoms with van der Waals surface area (Å²) in [6.45, 7) is -0.303. The molecule has 0 aliphatic carbocycles. The van der Waals surface area contributed by atoms with Gasteiger partial charge in [0.1, 0.15) is 6.04 Å². The summed E-state index contributed by atoms with van der Waals surface area (Å²) in [6, 6.07) is 1.99. The van der Waals surface area contributed by atoms with Crippen molar-refractivity contribution in [2.45, 2.75) is 12.5 Å². The molecule has 1 rings (SSSR count). The molecule has 1 aromatic rings. The summed E-state index contributed by atoms with van der Waals surface area (Å²) in [4.78, 5) is 22.6. The Morgan fingerprint density at radius 1 is 1.50 bits per heavy atom. The molecule has 0 saturated heterocycles. The molecule has 7 heteroatoms. The Hall–Kier alpha value is -1.11. The molecule has 16 heavy (non-hydrogen) atoms. The van der Waals surface area contributed by atoms with Crippen molar-refractivity contribution in [1.82, 2.24) is 5.32 Å². The number of hydrogen-bond acceptors (Lipinski definition) is 4. The number of carbonyl (C=O) groups is 2. The fraction of sp³-hybridized carbons (Fsp3) is 0.333. The number of hydrogen-bond donors (Lipinski definition) is 3. The highest BCUT2D eigenvalue weighted by Crippen LogP contribution is 2.21. The van der Waals surface area contributed by atoms with Crippen LogP contribution in [0.5, 0.6) is 0 Å². The van der Waals surface area contributed by atoms with E-state index in [-0.39, 0.29) is 13.0 Å². The zero-order chi connectivity index (χ0) is 12.1. The van der Waals surface area contributed by atoms with Crippen LogP contribution >= 0.6 is 22.9 Å². The largest absolute Gasteiger partial charge is 0.480 e. The molecule has 0 spiro atoms. The molecule has 0 fully saturated rings. The van der Waals surface area contributed by atoms with Crippen molar-refractivity contribution in [3.8, 4) is 0 Å². The van der Waals surface area contributed by atoms with E-state index in [1.165, 1.54) is 6.07 Å². The number of aliphatic hydroxyl groups is 1. The summed E-state index contributed by atoms with van der Waals surface area (Å²) in [7, 11) is 0. The Morgan fingerprint density at radius 2 is 2.19 bits per heavy atom. The first-order valence-corrected chi connectivity index (χ1v) is 5.64. The predicted octanol–water partition coefficient (Wildman–Crippen LogP) is 0.967. The highest BCUT2D eigenvalue weighted by atomic mass is 35.5. The standard InChI is InChI=1S/C9H10ClNO4S/c10-7-2-1-6(16-7)8(13)11-5(3-4-12)9(14)15/h1-2,5,12H,3-4H2,(H,11,13)(H,14,15). The third kappa shape index (κ3) is 3.48. The average Bonchev–Trinajstić information content (AvgIpc) is 2.64. The van der Waals surface area contributed by atoms with Crippen molar-refractivity contribution in [2.75, 3.05) is 6.61 Å². The molecule has 0 aliphatic rings. The average molecular weight is 264 g/mol. The number of carboxylic acids is 1. The van der Waals surface area contributed by atoms with Crippen molar-refractivity contribution in [2.24, 2.45) is 0 Å². The van der Waals surface area contributed by atoms with Crippen LogP contribution < -0.4 is 5.32 Å². The molecule has 1 atom stereocenters. The van der Waals surface area contributed by atoms with Crippen LogP contribution in [0.1, 0.15) is 16.1 Å². The molecule has 1 amide bonds. The first kappa shape index (κ1) is 13.0. The minimum Gasteiger partial charge on any atom is -0.480 e. The maximum atomic E-state index is 11.5. The topological polar surface area (TPSA) is 86.6 Å².